The summed E-state index contributed by atoms with van der Waals surface area (Å²) in [6.07, 6.45) is 1.51. The second kappa shape index (κ2) is 4.18. The van der Waals surface area contributed by atoms with E-state index in [1.54, 1.807) is 0 Å². The number of carbonyl (C=O) groups is 1. The molecule has 1 aromatic carbocycles. The highest BCUT2D eigenvalue weighted by Gasteiger charge is 2.34. The van der Waals surface area contributed by atoms with Crippen molar-refractivity contribution in [1.29, 1.82) is 0 Å². The van der Waals surface area contributed by atoms with Gasteiger partial charge in [0.2, 0.25) is 0 Å². The van der Waals surface area contributed by atoms with Gasteiger partial charge in [-0.05, 0) is 36.1 Å². The minimum atomic E-state index is -1.08. The van der Waals surface area contributed by atoms with Crippen molar-refractivity contribution in [2.75, 3.05) is 0 Å². The van der Waals surface area contributed by atoms with Gasteiger partial charge in [-0.2, -0.15) is 0 Å². The Labute approximate surface area is 102 Å². The van der Waals surface area contributed by atoms with Gasteiger partial charge in [0.15, 0.2) is 0 Å². The summed E-state index contributed by atoms with van der Waals surface area (Å²) in [5.41, 5.74) is 1.18. The molecule has 0 amide bonds. The highest BCUT2D eigenvalue weighted by Crippen LogP contribution is 2.32. The summed E-state index contributed by atoms with van der Waals surface area (Å²) in [4.78, 5) is 10.7. The number of aliphatic hydroxyl groups is 1. The van der Waals surface area contributed by atoms with Gasteiger partial charge in [0.25, 0.3) is 0 Å². The fourth-order valence-electron chi connectivity index (χ4n) is 2.24. The number of hydrogen-bond donors (Lipinski definition) is 2. The Balaban J connectivity index is 2.23. The zero-order valence-corrected chi connectivity index (χ0v) is 10.3. The zero-order valence-electron chi connectivity index (χ0n) is 8.74. The summed E-state index contributed by atoms with van der Waals surface area (Å²) in [5, 5.41) is 18.9. The number of fused-ring (bicyclic) bond motifs is 1. The van der Waals surface area contributed by atoms with Crippen LogP contribution < -0.4 is 0 Å². The van der Waals surface area contributed by atoms with Crippen LogP contribution in [0.4, 0.5) is 0 Å². The largest absolute Gasteiger partial charge is 0.481 e. The van der Waals surface area contributed by atoms with Gasteiger partial charge in [0, 0.05) is 10.9 Å². The molecule has 0 saturated heterocycles. The molecule has 0 spiro atoms. The number of aliphatic carboxylic acids is 1. The number of benzene rings is 1. The molecule has 0 bridgehead atoms. The van der Waals surface area contributed by atoms with Crippen molar-refractivity contribution in [2.24, 2.45) is 0 Å². The molecule has 0 aliphatic heterocycles. The van der Waals surface area contributed by atoms with Crippen molar-refractivity contribution in [3.05, 3.63) is 33.8 Å². The number of halogens is 1. The lowest BCUT2D eigenvalue weighted by Gasteiger charge is -2.32. The second-order valence-electron chi connectivity index (χ2n) is 4.38. The molecule has 0 aromatic heterocycles. The maximum absolute atomic E-state index is 10.7. The normalized spacial score (nSPS) is 23.9. The number of carboxylic acids is 1. The van der Waals surface area contributed by atoms with Crippen molar-refractivity contribution in [1.82, 2.24) is 0 Å². The Kier molecular flexibility index (Phi) is 3.04. The molecule has 0 heterocycles. The molecular weight excluding hydrogens is 272 g/mol. The first-order chi connectivity index (χ1) is 7.48. The quantitative estimate of drug-likeness (QED) is 0.875. The lowest BCUT2D eigenvalue weighted by molar-refractivity contribution is -0.143. The first-order valence-electron chi connectivity index (χ1n) is 5.20. The number of carboxylic acid groups (broad SMARTS) is 1. The molecule has 2 N–H and O–H groups in total. The molecule has 0 fully saturated rings. The lowest BCUT2D eigenvalue weighted by atomic mass is 9.79. The number of hydrogen-bond acceptors (Lipinski definition) is 2. The van der Waals surface area contributed by atoms with Gasteiger partial charge in [-0.1, -0.05) is 22.0 Å². The fourth-order valence-corrected chi connectivity index (χ4v) is 2.65. The van der Waals surface area contributed by atoms with Gasteiger partial charge in [-0.25, -0.2) is 0 Å². The molecule has 3 nitrogen and oxygen atoms in total. The van der Waals surface area contributed by atoms with Crippen LogP contribution in [0.2, 0.25) is 0 Å². The smallest absolute Gasteiger partial charge is 0.306 e. The Hall–Kier alpha value is -0.870. The van der Waals surface area contributed by atoms with Crippen LogP contribution in [0.15, 0.2) is 22.7 Å². The van der Waals surface area contributed by atoms with Crippen molar-refractivity contribution < 1.29 is 15.0 Å². The molecule has 4 heteroatoms. The van der Waals surface area contributed by atoms with Gasteiger partial charge < -0.3 is 10.2 Å². The molecule has 1 aliphatic carbocycles. The van der Waals surface area contributed by atoms with Crippen LogP contribution in [0, 0.1) is 0 Å². The van der Waals surface area contributed by atoms with Crippen molar-refractivity contribution in [3.63, 3.8) is 0 Å². The molecule has 2 rings (SSSR count). The summed E-state index contributed by atoms with van der Waals surface area (Å²) < 4.78 is 1.02. The average molecular weight is 285 g/mol. The first-order valence-corrected chi connectivity index (χ1v) is 5.99. The van der Waals surface area contributed by atoms with Gasteiger partial charge in [-0.3, -0.25) is 4.79 Å². The Bertz CT molecular complexity index is 430. The van der Waals surface area contributed by atoms with Crippen LogP contribution in [0.25, 0.3) is 0 Å². The third kappa shape index (κ3) is 2.44. The minimum Gasteiger partial charge on any atom is -0.481 e. The highest BCUT2D eigenvalue weighted by molar-refractivity contribution is 9.10. The van der Waals surface area contributed by atoms with Crippen LogP contribution in [0.5, 0.6) is 0 Å². The standard InChI is InChI=1S/C12H13BrO3/c13-10-2-1-9-6-12(16,7-11(14)15)4-3-8(9)5-10/h1-2,5,16H,3-4,6-7H2,(H,14,15). The molecule has 1 unspecified atom stereocenters. The fraction of sp³-hybridized carbons (Fsp3) is 0.417. The van der Waals surface area contributed by atoms with Gasteiger partial charge in [0.1, 0.15) is 0 Å². The Morgan fingerprint density at radius 2 is 2.19 bits per heavy atom. The summed E-state index contributed by atoms with van der Waals surface area (Å²) in [6, 6.07) is 5.91. The van der Waals surface area contributed by atoms with E-state index in [-0.39, 0.29) is 6.42 Å². The Morgan fingerprint density at radius 3 is 2.88 bits per heavy atom. The van der Waals surface area contributed by atoms with E-state index in [0.717, 1.165) is 16.5 Å². The molecule has 1 aromatic rings. The minimum absolute atomic E-state index is 0.178. The molecule has 1 aliphatic rings. The summed E-state index contributed by atoms with van der Waals surface area (Å²) >= 11 is 3.40. The van der Waals surface area contributed by atoms with Crippen LogP contribution in [0.1, 0.15) is 24.0 Å². The first kappa shape index (κ1) is 11.6. The van der Waals surface area contributed by atoms with Crippen LogP contribution in [-0.4, -0.2) is 21.8 Å². The van der Waals surface area contributed by atoms with E-state index in [1.807, 2.05) is 18.2 Å². The SMILES string of the molecule is O=C(O)CC1(O)CCc2cc(Br)ccc2C1. The van der Waals surface area contributed by atoms with E-state index in [1.165, 1.54) is 5.56 Å². The summed E-state index contributed by atoms with van der Waals surface area (Å²) in [7, 11) is 0. The van der Waals surface area contributed by atoms with Gasteiger partial charge in [0.05, 0.1) is 12.0 Å². The van der Waals surface area contributed by atoms with Crippen molar-refractivity contribution >= 4 is 21.9 Å². The van der Waals surface area contributed by atoms with E-state index in [4.69, 9.17) is 5.11 Å². The molecule has 0 saturated carbocycles. The zero-order chi connectivity index (χ0) is 11.8. The van der Waals surface area contributed by atoms with Crippen LogP contribution in [0.3, 0.4) is 0 Å². The van der Waals surface area contributed by atoms with Gasteiger partial charge >= 0.3 is 5.97 Å². The Morgan fingerprint density at radius 1 is 1.44 bits per heavy atom. The van der Waals surface area contributed by atoms with Crippen LogP contribution in [-0.2, 0) is 17.6 Å². The third-order valence-electron chi connectivity index (χ3n) is 3.03. The molecule has 1 atom stereocenters. The summed E-state index contributed by atoms with van der Waals surface area (Å²) in [6.45, 7) is 0. The van der Waals surface area contributed by atoms with Crippen molar-refractivity contribution in [3.8, 4) is 0 Å². The number of aryl methyl sites for hydroxylation is 1. The predicted octanol–water partition coefficient (Wildman–Crippen LogP) is 2.14. The van der Waals surface area contributed by atoms with Crippen molar-refractivity contribution in [2.45, 2.75) is 31.3 Å². The monoisotopic (exact) mass is 284 g/mol. The van der Waals surface area contributed by atoms with Crippen LogP contribution >= 0.6 is 15.9 Å². The average Bonchev–Trinajstić information content (AvgIpc) is 2.17. The predicted molar refractivity (Wildman–Crippen MR) is 63.4 cm³/mol. The van der Waals surface area contributed by atoms with E-state index in [2.05, 4.69) is 15.9 Å². The lowest BCUT2D eigenvalue weighted by Crippen LogP contribution is -2.38. The maximum atomic E-state index is 10.7. The topological polar surface area (TPSA) is 57.5 Å². The maximum Gasteiger partial charge on any atom is 0.306 e. The number of rotatable bonds is 2. The van der Waals surface area contributed by atoms with E-state index in [9.17, 15) is 9.90 Å². The van der Waals surface area contributed by atoms with Gasteiger partial charge in [-0.15, -0.1) is 0 Å². The molecule has 86 valence electrons. The molecular formula is C12H13BrO3. The van der Waals surface area contributed by atoms with E-state index < -0.39 is 11.6 Å². The molecule has 16 heavy (non-hydrogen) atoms. The van der Waals surface area contributed by atoms with E-state index >= 15 is 0 Å². The van der Waals surface area contributed by atoms with E-state index in [0.29, 0.717) is 12.8 Å². The third-order valence-corrected chi connectivity index (χ3v) is 3.52. The highest BCUT2D eigenvalue weighted by atomic mass is 79.9. The molecule has 0 radical (unpaired) electrons. The second-order valence-corrected chi connectivity index (χ2v) is 5.30. The summed E-state index contributed by atoms with van der Waals surface area (Å²) in [5.74, 6) is -0.942.